The van der Waals surface area contributed by atoms with Gasteiger partial charge in [0.25, 0.3) is 0 Å². The van der Waals surface area contributed by atoms with Crippen LogP contribution >= 0.6 is 31.9 Å². The molecule has 3 nitrogen and oxygen atoms in total. The van der Waals surface area contributed by atoms with E-state index in [4.69, 9.17) is 9.47 Å². The fourth-order valence-corrected chi connectivity index (χ4v) is 5.19. The minimum absolute atomic E-state index is 0.538. The van der Waals surface area contributed by atoms with E-state index in [-0.39, 0.29) is 0 Å². The second-order valence-electron chi connectivity index (χ2n) is 6.71. The first-order valence-electron chi connectivity index (χ1n) is 8.85. The fraction of sp³-hybridized carbons (Fsp3) is 0.0870. The van der Waals surface area contributed by atoms with Gasteiger partial charge in [0.1, 0.15) is 0 Å². The van der Waals surface area contributed by atoms with Crippen molar-refractivity contribution in [2.75, 3.05) is 0 Å². The largest absolute Gasteiger partial charge is 0.509 e. The van der Waals surface area contributed by atoms with Crippen LogP contribution in [0.3, 0.4) is 0 Å². The van der Waals surface area contributed by atoms with E-state index < -0.39 is 18.4 Å². The molecule has 0 aliphatic carbocycles. The third-order valence-corrected chi connectivity index (χ3v) is 6.89. The summed E-state index contributed by atoms with van der Waals surface area (Å²) in [6.07, 6.45) is -1.73. The first-order chi connectivity index (χ1) is 13.6. The van der Waals surface area contributed by atoms with Gasteiger partial charge in [-0.25, -0.2) is 4.79 Å². The third kappa shape index (κ3) is 2.81. The Bertz CT molecular complexity index is 1140. The van der Waals surface area contributed by atoms with E-state index in [2.05, 4.69) is 44.0 Å². The predicted molar refractivity (Wildman–Crippen MR) is 116 cm³/mol. The molecular formula is C23H14Br2O3. The highest BCUT2D eigenvalue weighted by Crippen LogP contribution is 2.47. The number of hydrogen-bond donors (Lipinski definition) is 0. The summed E-state index contributed by atoms with van der Waals surface area (Å²) in [5.74, 6) is 0. The first kappa shape index (κ1) is 17.7. The molecule has 28 heavy (non-hydrogen) atoms. The lowest BCUT2D eigenvalue weighted by Crippen LogP contribution is -2.09. The van der Waals surface area contributed by atoms with Gasteiger partial charge in [0.05, 0.1) is 0 Å². The molecule has 2 atom stereocenters. The summed E-state index contributed by atoms with van der Waals surface area (Å²) >= 11 is 7.42. The van der Waals surface area contributed by atoms with Gasteiger partial charge in [0.2, 0.25) is 0 Å². The van der Waals surface area contributed by atoms with E-state index in [9.17, 15) is 4.79 Å². The summed E-state index contributed by atoms with van der Waals surface area (Å²) < 4.78 is 13.0. The molecule has 1 saturated heterocycles. The van der Waals surface area contributed by atoms with Crippen molar-refractivity contribution in [1.82, 2.24) is 0 Å². The normalized spacial score (nSPS) is 19.0. The van der Waals surface area contributed by atoms with E-state index in [0.29, 0.717) is 0 Å². The molecule has 138 valence electrons. The molecule has 1 aliphatic rings. The molecule has 0 aromatic heterocycles. The van der Waals surface area contributed by atoms with Gasteiger partial charge in [0, 0.05) is 20.1 Å². The van der Waals surface area contributed by atoms with Crippen LogP contribution in [-0.2, 0) is 9.47 Å². The second kappa shape index (κ2) is 6.90. The van der Waals surface area contributed by atoms with Gasteiger partial charge in [0.15, 0.2) is 12.2 Å². The highest BCUT2D eigenvalue weighted by Gasteiger charge is 2.41. The lowest BCUT2D eigenvalue weighted by atomic mass is 9.95. The highest BCUT2D eigenvalue weighted by molar-refractivity contribution is 9.11. The average Bonchev–Trinajstić information content (AvgIpc) is 3.10. The molecule has 0 radical (unpaired) electrons. The van der Waals surface area contributed by atoms with Crippen LogP contribution in [-0.4, -0.2) is 6.16 Å². The smallest absolute Gasteiger partial charge is 0.422 e. The third-order valence-electron chi connectivity index (χ3n) is 5.12. The molecule has 1 fully saturated rings. The van der Waals surface area contributed by atoms with Crippen LogP contribution in [0, 0.1) is 0 Å². The number of benzene rings is 4. The van der Waals surface area contributed by atoms with Crippen molar-refractivity contribution in [3.8, 4) is 0 Å². The lowest BCUT2D eigenvalue weighted by molar-refractivity contribution is 0.116. The number of halogens is 2. The van der Waals surface area contributed by atoms with Crippen molar-refractivity contribution < 1.29 is 14.3 Å². The van der Waals surface area contributed by atoms with Crippen LogP contribution in [0.15, 0.2) is 81.7 Å². The molecular weight excluding hydrogens is 484 g/mol. The maximum Gasteiger partial charge on any atom is 0.509 e. The van der Waals surface area contributed by atoms with Crippen molar-refractivity contribution in [1.29, 1.82) is 0 Å². The van der Waals surface area contributed by atoms with Crippen molar-refractivity contribution in [3.05, 3.63) is 92.9 Å². The number of ether oxygens (including phenoxy) is 2. The van der Waals surface area contributed by atoms with Gasteiger partial charge in [-0.05, 0) is 53.4 Å². The van der Waals surface area contributed by atoms with Gasteiger partial charge in [-0.15, -0.1) is 0 Å². The van der Waals surface area contributed by atoms with Gasteiger partial charge < -0.3 is 9.47 Å². The molecule has 0 saturated carbocycles. The summed E-state index contributed by atoms with van der Waals surface area (Å²) in [5, 5.41) is 4.37. The van der Waals surface area contributed by atoms with Gasteiger partial charge in [-0.1, -0.05) is 72.8 Å². The van der Waals surface area contributed by atoms with Crippen LogP contribution in [0.1, 0.15) is 23.3 Å². The Morgan fingerprint density at radius 2 is 1.04 bits per heavy atom. The number of carbonyl (C=O) groups excluding carboxylic acids is 1. The quantitative estimate of drug-likeness (QED) is 0.269. The van der Waals surface area contributed by atoms with Gasteiger partial charge >= 0.3 is 6.16 Å². The van der Waals surface area contributed by atoms with Crippen molar-refractivity contribution in [3.63, 3.8) is 0 Å². The van der Waals surface area contributed by atoms with Crippen LogP contribution in [0.2, 0.25) is 0 Å². The monoisotopic (exact) mass is 496 g/mol. The molecule has 5 heteroatoms. The zero-order valence-electron chi connectivity index (χ0n) is 14.6. The minimum atomic E-state index is -0.657. The van der Waals surface area contributed by atoms with E-state index >= 15 is 0 Å². The standard InChI is InChI=1S/C23H14Br2O3/c24-19-15-7-3-1-5-13(15)9-11-17(19)21-22(28-23(26)27-21)18-12-10-14-6-2-4-8-16(14)20(18)25/h1-12,21-22H/t21-,22-/m1/s1. The maximum absolute atomic E-state index is 12.1. The molecule has 0 amide bonds. The lowest BCUT2D eigenvalue weighted by Gasteiger charge is -2.20. The number of fused-ring (bicyclic) bond motifs is 2. The highest BCUT2D eigenvalue weighted by atomic mass is 79.9. The average molecular weight is 498 g/mol. The summed E-state index contributed by atoms with van der Waals surface area (Å²) in [5.41, 5.74) is 1.77. The van der Waals surface area contributed by atoms with Gasteiger partial charge in [-0.3, -0.25) is 0 Å². The van der Waals surface area contributed by atoms with Gasteiger partial charge in [-0.2, -0.15) is 0 Å². The SMILES string of the molecule is O=C1O[C@H](c2ccc3ccccc3c2Br)[C@@H](c2ccc3ccccc3c2Br)O1. The Balaban J connectivity index is 1.65. The topological polar surface area (TPSA) is 35.5 Å². The number of hydrogen-bond acceptors (Lipinski definition) is 3. The molecule has 0 spiro atoms. The van der Waals surface area contributed by atoms with E-state index in [0.717, 1.165) is 41.6 Å². The molecule has 1 heterocycles. The molecule has 0 N–H and O–H groups in total. The summed E-state index contributed by atoms with van der Waals surface area (Å²) in [6, 6.07) is 24.2. The molecule has 4 aromatic carbocycles. The summed E-state index contributed by atoms with van der Waals surface area (Å²) in [7, 11) is 0. The Labute approximate surface area is 178 Å². The minimum Gasteiger partial charge on any atom is -0.422 e. The predicted octanol–water partition coefficient (Wildman–Crippen LogP) is 7.47. The summed E-state index contributed by atoms with van der Waals surface area (Å²) in [6.45, 7) is 0. The molecule has 4 aromatic rings. The number of cyclic esters (lactones) is 2. The molecule has 0 bridgehead atoms. The van der Waals surface area contributed by atoms with Crippen LogP contribution in [0.25, 0.3) is 21.5 Å². The molecule has 0 unspecified atom stereocenters. The van der Waals surface area contributed by atoms with Crippen molar-refractivity contribution in [2.24, 2.45) is 0 Å². The Kier molecular flexibility index (Phi) is 4.37. The second-order valence-corrected chi connectivity index (χ2v) is 8.29. The zero-order valence-corrected chi connectivity index (χ0v) is 17.7. The Morgan fingerprint density at radius 1 is 0.607 bits per heavy atom. The van der Waals surface area contributed by atoms with E-state index in [1.807, 2.05) is 60.7 Å². The molecule has 5 rings (SSSR count). The first-order valence-corrected chi connectivity index (χ1v) is 10.4. The zero-order chi connectivity index (χ0) is 19.3. The van der Waals surface area contributed by atoms with E-state index in [1.165, 1.54) is 0 Å². The maximum atomic E-state index is 12.1. The van der Waals surface area contributed by atoms with Crippen LogP contribution < -0.4 is 0 Å². The Morgan fingerprint density at radius 3 is 1.50 bits per heavy atom. The number of rotatable bonds is 2. The molecule has 1 aliphatic heterocycles. The summed E-state index contributed by atoms with van der Waals surface area (Å²) in [4.78, 5) is 12.1. The van der Waals surface area contributed by atoms with Crippen LogP contribution in [0.4, 0.5) is 4.79 Å². The van der Waals surface area contributed by atoms with Crippen LogP contribution in [0.5, 0.6) is 0 Å². The Hall–Kier alpha value is -2.37. The fourth-order valence-electron chi connectivity index (χ4n) is 3.75. The van der Waals surface area contributed by atoms with Crippen molar-refractivity contribution >= 4 is 59.6 Å². The number of carbonyl (C=O) groups is 1. The van der Waals surface area contributed by atoms with E-state index in [1.54, 1.807) is 0 Å². The van der Waals surface area contributed by atoms with Crippen molar-refractivity contribution in [2.45, 2.75) is 12.2 Å².